The predicted molar refractivity (Wildman–Crippen MR) is 119 cm³/mol. The van der Waals surface area contributed by atoms with Crippen LogP contribution in [0.3, 0.4) is 0 Å². The number of aliphatic hydroxyl groups is 1. The van der Waals surface area contributed by atoms with Gasteiger partial charge in [0, 0.05) is 12.5 Å². The molecule has 0 spiro atoms. The van der Waals surface area contributed by atoms with Crippen LogP contribution in [-0.2, 0) is 16.0 Å². The zero-order chi connectivity index (χ0) is 22.3. The maximum atomic E-state index is 13.7. The van der Waals surface area contributed by atoms with Crippen molar-refractivity contribution in [1.29, 1.82) is 0 Å². The van der Waals surface area contributed by atoms with Crippen molar-refractivity contribution in [3.05, 3.63) is 59.9 Å². The fourth-order valence-corrected chi connectivity index (χ4v) is 4.87. The minimum atomic E-state index is -1.23. The van der Waals surface area contributed by atoms with Crippen LogP contribution in [0.2, 0.25) is 0 Å². The SMILES string of the molecule is O=C(C1CCC1)N1CCC(NC(=O)C2(O)CC2)C1Cc1cccc(-c2cccc(F)c2)c1. The average molecular weight is 437 g/mol. The molecular weight excluding hydrogens is 407 g/mol. The smallest absolute Gasteiger partial charge is 0.252 e. The van der Waals surface area contributed by atoms with E-state index in [1.165, 1.54) is 12.1 Å². The maximum Gasteiger partial charge on any atom is 0.252 e. The Bertz CT molecular complexity index is 1030. The van der Waals surface area contributed by atoms with E-state index in [-0.39, 0.29) is 35.6 Å². The Hall–Kier alpha value is -2.73. The van der Waals surface area contributed by atoms with Crippen molar-refractivity contribution >= 4 is 11.8 Å². The van der Waals surface area contributed by atoms with E-state index in [9.17, 15) is 19.1 Å². The van der Waals surface area contributed by atoms with E-state index >= 15 is 0 Å². The van der Waals surface area contributed by atoms with Crippen LogP contribution in [0.4, 0.5) is 4.39 Å². The van der Waals surface area contributed by atoms with E-state index in [2.05, 4.69) is 5.32 Å². The van der Waals surface area contributed by atoms with Gasteiger partial charge in [0.25, 0.3) is 5.91 Å². The molecule has 2 aromatic carbocycles. The van der Waals surface area contributed by atoms with Gasteiger partial charge in [-0.15, -0.1) is 0 Å². The van der Waals surface area contributed by atoms with Gasteiger partial charge < -0.3 is 15.3 Å². The molecule has 168 valence electrons. The summed E-state index contributed by atoms with van der Waals surface area (Å²) in [4.78, 5) is 27.6. The monoisotopic (exact) mass is 436 g/mol. The molecule has 2 N–H and O–H groups in total. The summed E-state index contributed by atoms with van der Waals surface area (Å²) >= 11 is 0. The van der Waals surface area contributed by atoms with Crippen molar-refractivity contribution < 1.29 is 19.1 Å². The molecule has 2 aromatic rings. The topological polar surface area (TPSA) is 69.6 Å². The molecule has 2 saturated carbocycles. The Morgan fingerprint density at radius 2 is 1.78 bits per heavy atom. The molecule has 2 unspecified atom stereocenters. The third-order valence-electron chi connectivity index (χ3n) is 7.28. The van der Waals surface area contributed by atoms with Gasteiger partial charge in [-0.1, -0.05) is 42.8 Å². The lowest BCUT2D eigenvalue weighted by atomic mass is 9.84. The molecule has 2 amide bonds. The third-order valence-corrected chi connectivity index (χ3v) is 7.28. The third kappa shape index (κ3) is 4.16. The number of nitrogens with zero attached hydrogens (tertiary/aromatic N) is 1. The molecule has 5 rings (SSSR count). The summed E-state index contributed by atoms with van der Waals surface area (Å²) < 4.78 is 13.7. The van der Waals surface area contributed by atoms with E-state index in [1.54, 1.807) is 6.07 Å². The zero-order valence-electron chi connectivity index (χ0n) is 18.1. The summed E-state index contributed by atoms with van der Waals surface area (Å²) in [6.07, 6.45) is 5.26. The maximum absolute atomic E-state index is 13.7. The highest BCUT2D eigenvalue weighted by molar-refractivity contribution is 5.88. The van der Waals surface area contributed by atoms with Crippen molar-refractivity contribution in [2.24, 2.45) is 5.92 Å². The van der Waals surface area contributed by atoms with E-state index in [1.807, 2.05) is 35.2 Å². The molecule has 1 heterocycles. The summed E-state index contributed by atoms with van der Waals surface area (Å²) in [5.41, 5.74) is 1.54. The number of carbonyl (C=O) groups is 2. The molecule has 0 aromatic heterocycles. The van der Waals surface area contributed by atoms with Gasteiger partial charge in [0.05, 0.1) is 12.1 Å². The van der Waals surface area contributed by atoms with Crippen LogP contribution in [-0.4, -0.2) is 46.1 Å². The summed E-state index contributed by atoms with van der Waals surface area (Å²) in [7, 11) is 0. The number of rotatable bonds is 6. The second-order valence-corrected chi connectivity index (χ2v) is 9.54. The highest BCUT2D eigenvalue weighted by atomic mass is 19.1. The first kappa shape index (κ1) is 21.1. The standard InChI is InChI=1S/C26H29FN2O3/c27-21-9-3-8-20(16-21)19-7-1-4-17(14-19)15-23-22(28-25(31)26(32)11-12-26)10-13-29(23)24(30)18-5-2-6-18/h1,3-4,7-9,14,16,18,22-23,32H,2,5-6,10-13,15H2,(H,28,31). The van der Waals surface area contributed by atoms with Crippen molar-refractivity contribution in [3.8, 4) is 11.1 Å². The second-order valence-electron chi connectivity index (χ2n) is 9.54. The predicted octanol–water partition coefficient (Wildman–Crippen LogP) is 3.45. The van der Waals surface area contributed by atoms with Gasteiger partial charge in [-0.3, -0.25) is 9.59 Å². The van der Waals surface area contributed by atoms with Crippen LogP contribution in [0.1, 0.15) is 44.1 Å². The van der Waals surface area contributed by atoms with Crippen LogP contribution in [0.25, 0.3) is 11.1 Å². The number of likely N-dealkylation sites (tertiary alicyclic amines) is 1. The van der Waals surface area contributed by atoms with E-state index < -0.39 is 5.60 Å². The second kappa shape index (κ2) is 8.32. The number of benzene rings is 2. The van der Waals surface area contributed by atoms with Gasteiger partial charge in [0.1, 0.15) is 11.4 Å². The van der Waals surface area contributed by atoms with Crippen molar-refractivity contribution in [3.63, 3.8) is 0 Å². The van der Waals surface area contributed by atoms with Crippen LogP contribution >= 0.6 is 0 Å². The van der Waals surface area contributed by atoms with Gasteiger partial charge in [-0.25, -0.2) is 4.39 Å². The molecule has 1 saturated heterocycles. The Kier molecular flexibility index (Phi) is 5.49. The minimum Gasteiger partial charge on any atom is -0.380 e. The normalized spacial score (nSPS) is 24.1. The van der Waals surface area contributed by atoms with Gasteiger partial charge in [-0.2, -0.15) is 0 Å². The fourth-order valence-electron chi connectivity index (χ4n) is 4.87. The molecule has 3 aliphatic rings. The Balaban J connectivity index is 1.38. The molecule has 6 heteroatoms. The first-order chi connectivity index (χ1) is 15.4. The van der Waals surface area contributed by atoms with Crippen LogP contribution < -0.4 is 5.32 Å². The zero-order valence-corrected chi connectivity index (χ0v) is 18.1. The van der Waals surface area contributed by atoms with Crippen LogP contribution in [0.15, 0.2) is 48.5 Å². The van der Waals surface area contributed by atoms with Gasteiger partial charge in [-0.05, 0) is 67.3 Å². The number of amides is 2. The van der Waals surface area contributed by atoms with Crippen molar-refractivity contribution in [2.45, 2.75) is 62.6 Å². The van der Waals surface area contributed by atoms with Crippen LogP contribution in [0.5, 0.6) is 0 Å². The van der Waals surface area contributed by atoms with Gasteiger partial charge >= 0.3 is 0 Å². The Labute approximate surface area is 187 Å². The molecule has 3 fully saturated rings. The van der Waals surface area contributed by atoms with E-state index in [4.69, 9.17) is 0 Å². The highest BCUT2D eigenvalue weighted by Crippen LogP contribution is 2.37. The Morgan fingerprint density at radius 1 is 1.06 bits per heavy atom. The van der Waals surface area contributed by atoms with E-state index in [0.29, 0.717) is 32.2 Å². The number of carbonyl (C=O) groups excluding carboxylic acids is 2. The first-order valence-electron chi connectivity index (χ1n) is 11.6. The van der Waals surface area contributed by atoms with Gasteiger partial charge in [0.15, 0.2) is 0 Å². The lowest BCUT2D eigenvalue weighted by molar-refractivity contribution is -0.140. The molecular formula is C26H29FN2O3. The largest absolute Gasteiger partial charge is 0.380 e. The average Bonchev–Trinajstić information content (AvgIpc) is 3.38. The van der Waals surface area contributed by atoms with Gasteiger partial charge in [0.2, 0.25) is 5.91 Å². The number of nitrogens with one attached hydrogen (secondary N) is 1. The molecule has 32 heavy (non-hydrogen) atoms. The molecule has 1 aliphatic heterocycles. The summed E-state index contributed by atoms with van der Waals surface area (Å²) in [6.45, 7) is 0.618. The molecule has 2 atom stereocenters. The molecule has 0 bridgehead atoms. The summed E-state index contributed by atoms with van der Waals surface area (Å²) in [6, 6.07) is 14.1. The summed E-state index contributed by atoms with van der Waals surface area (Å²) in [5.74, 6) is -0.316. The fraction of sp³-hybridized carbons (Fsp3) is 0.462. The Morgan fingerprint density at radius 3 is 2.44 bits per heavy atom. The quantitative estimate of drug-likeness (QED) is 0.729. The molecule has 0 radical (unpaired) electrons. The highest BCUT2D eigenvalue weighted by Gasteiger charge is 2.50. The lowest BCUT2D eigenvalue weighted by Crippen LogP contribution is -2.52. The lowest BCUT2D eigenvalue weighted by Gasteiger charge is -2.34. The summed E-state index contributed by atoms with van der Waals surface area (Å²) in [5, 5.41) is 13.2. The molecule has 2 aliphatic carbocycles. The number of hydrogen-bond donors (Lipinski definition) is 2. The van der Waals surface area contributed by atoms with Crippen LogP contribution in [0, 0.1) is 11.7 Å². The minimum absolute atomic E-state index is 0.0956. The van der Waals surface area contributed by atoms with E-state index in [0.717, 1.165) is 36.0 Å². The first-order valence-corrected chi connectivity index (χ1v) is 11.6. The number of hydrogen-bond acceptors (Lipinski definition) is 3. The van der Waals surface area contributed by atoms with Crippen molar-refractivity contribution in [1.82, 2.24) is 10.2 Å². The van der Waals surface area contributed by atoms with Crippen molar-refractivity contribution in [2.75, 3.05) is 6.54 Å². The number of halogens is 1. The molecule has 5 nitrogen and oxygen atoms in total.